The van der Waals surface area contributed by atoms with E-state index < -0.39 is 33.2 Å². The largest absolute Gasteiger partial charge is 0.339 e. The van der Waals surface area contributed by atoms with Crippen LogP contribution >= 0.6 is 0 Å². The van der Waals surface area contributed by atoms with E-state index in [1.54, 1.807) is 30.3 Å². The fraction of sp³-hybridized carbons (Fsp3) is 0.429. The number of amides is 2. The van der Waals surface area contributed by atoms with Crippen molar-refractivity contribution in [3.8, 4) is 0 Å². The number of hydrogen-bond acceptors (Lipinski definition) is 5. The first-order valence-corrected chi connectivity index (χ1v) is 8.82. The van der Waals surface area contributed by atoms with Crippen molar-refractivity contribution < 1.29 is 18.0 Å². The SMILES string of the molecule is O=C(CS(=O)(=O)CC(=O)N1CCNCC1)Nc1ccccc1. The molecule has 0 unspecified atom stereocenters. The standard InChI is InChI=1S/C14H19N3O4S/c18-13(16-12-4-2-1-3-5-12)10-22(20,21)11-14(19)17-8-6-15-7-9-17/h1-5,15H,6-11H2,(H,16,18). The number of hydrogen-bond donors (Lipinski definition) is 2. The van der Waals surface area contributed by atoms with Crippen molar-refractivity contribution in [2.45, 2.75) is 0 Å². The number of nitrogens with one attached hydrogen (secondary N) is 2. The van der Waals surface area contributed by atoms with Crippen LogP contribution in [0.3, 0.4) is 0 Å². The second-order valence-corrected chi connectivity index (χ2v) is 7.14. The van der Waals surface area contributed by atoms with Crippen LogP contribution < -0.4 is 10.6 Å². The number of rotatable bonds is 5. The molecular weight excluding hydrogens is 306 g/mol. The molecule has 8 heteroatoms. The first-order valence-electron chi connectivity index (χ1n) is 7.00. The van der Waals surface area contributed by atoms with Crippen LogP contribution in [0.1, 0.15) is 0 Å². The van der Waals surface area contributed by atoms with Crippen molar-refractivity contribution in [2.24, 2.45) is 0 Å². The molecule has 0 aromatic heterocycles. The Morgan fingerprint density at radius 2 is 1.73 bits per heavy atom. The maximum atomic E-state index is 12.0. The topological polar surface area (TPSA) is 95.6 Å². The Kier molecular flexibility index (Phi) is 5.51. The van der Waals surface area contributed by atoms with Gasteiger partial charge in [0.15, 0.2) is 9.84 Å². The minimum Gasteiger partial charge on any atom is -0.339 e. The molecule has 2 N–H and O–H groups in total. The van der Waals surface area contributed by atoms with Gasteiger partial charge in [0, 0.05) is 31.9 Å². The molecule has 1 aromatic rings. The zero-order valence-electron chi connectivity index (χ0n) is 12.1. The zero-order chi connectivity index (χ0) is 16.0. The van der Waals surface area contributed by atoms with Gasteiger partial charge in [0.2, 0.25) is 11.8 Å². The van der Waals surface area contributed by atoms with E-state index in [9.17, 15) is 18.0 Å². The molecule has 22 heavy (non-hydrogen) atoms. The number of anilines is 1. The summed E-state index contributed by atoms with van der Waals surface area (Å²) in [4.78, 5) is 25.2. The van der Waals surface area contributed by atoms with Crippen LogP contribution in [0.15, 0.2) is 30.3 Å². The minimum atomic E-state index is -3.77. The summed E-state index contributed by atoms with van der Waals surface area (Å²) < 4.78 is 23.9. The predicted molar refractivity (Wildman–Crippen MR) is 83.2 cm³/mol. The summed E-state index contributed by atoms with van der Waals surface area (Å²) in [6.07, 6.45) is 0. The highest BCUT2D eigenvalue weighted by atomic mass is 32.2. The van der Waals surface area contributed by atoms with Gasteiger partial charge in [-0.15, -0.1) is 0 Å². The number of sulfone groups is 1. The van der Waals surface area contributed by atoms with Gasteiger partial charge in [-0.25, -0.2) is 8.42 Å². The number of para-hydroxylation sites is 1. The lowest BCUT2D eigenvalue weighted by Gasteiger charge is -2.27. The molecule has 1 fully saturated rings. The molecule has 0 spiro atoms. The molecule has 2 rings (SSSR count). The van der Waals surface area contributed by atoms with Crippen molar-refractivity contribution in [1.29, 1.82) is 0 Å². The van der Waals surface area contributed by atoms with Gasteiger partial charge in [-0.2, -0.15) is 0 Å². The van der Waals surface area contributed by atoms with Crippen LogP contribution in [0.5, 0.6) is 0 Å². The summed E-state index contributed by atoms with van der Waals surface area (Å²) in [7, 11) is -3.77. The first-order chi connectivity index (χ1) is 10.5. The van der Waals surface area contributed by atoms with E-state index in [-0.39, 0.29) is 0 Å². The van der Waals surface area contributed by atoms with Crippen LogP contribution in [0.2, 0.25) is 0 Å². The van der Waals surface area contributed by atoms with Gasteiger partial charge in [0.25, 0.3) is 0 Å². The van der Waals surface area contributed by atoms with E-state index >= 15 is 0 Å². The van der Waals surface area contributed by atoms with E-state index in [1.807, 2.05) is 0 Å². The molecule has 1 aliphatic rings. The van der Waals surface area contributed by atoms with Gasteiger partial charge in [-0.05, 0) is 12.1 Å². The Bertz CT molecular complexity index is 625. The molecule has 2 amide bonds. The smallest absolute Gasteiger partial charge is 0.239 e. The fourth-order valence-electron chi connectivity index (χ4n) is 2.16. The first kappa shape index (κ1) is 16.4. The van der Waals surface area contributed by atoms with Gasteiger partial charge in [0.1, 0.15) is 11.5 Å². The quantitative estimate of drug-likeness (QED) is 0.759. The lowest BCUT2D eigenvalue weighted by molar-refractivity contribution is -0.128. The number of piperazine rings is 1. The van der Waals surface area contributed by atoms with Crippen LogP contribution in [0, 0.1) is 0 Å². The van der Waals surface area contributed by atoms with Gasteiger partial charge in [-0.1, -0.05) is 18.2 Å². The van der Waals surface area contributed by atoms with Crippen molar-refractivity contribution >= 4 is 27.3 Å². The summed E-state index contributed by atoms with van der Waals surface area (Å²) in [5.74, 6) is -2.41. The average Bonchev–Trinajstić information content (AvgIpc) is 2.48. The minimum absolute atomic E-state index is 0.450. The molecule has 0 atom stereocenters. The highest BCUT2D eigenvalue weighted by Gasteiger charge is 2.25. The number of benzene rings is 1. The Balaban J connectivity index is 1.87. The normalized spacial score (nSPS) is 15.4. The molecule has 120 valence electrons. The van der Waals surface area contributed by atoms with Crippen molar-refractivity contribution in [2.75, 3.05) is 43.0 Å². The highest BCUT2D eigenvalue weighted by Crippen LogP contribution is 2.06. The maximum Gasteiger partial charge on any atom is 0.239 e. The Labute approximate surface area is 129 Å². The van der Waals surface area contributed by atoms with Gasteiger partial charge in [-0.3, -0.25) is 9.59 Å². The number of nitrogens with zero attached hydrogens (tertiary/aromatic N) is 1. The lowest BCUT2D eigenvalue weighted by atomic mass is 10.3. The van der Waals surface area contributed by atoms with E-state index in [0.717, 1.165) is 0 Å². The van der Waals surface area contributed by atoms with Crippen LogP contribution in [0.25, 0.3) is 0 Å². The molecule has 1 heterocycles. The van der Waals surface area contributed by atoms with E-state index in [0.29, 0.717) is 31.9 Å². The van der Waals surface area contributed by atoms with E-state index in [1.165, 1.54) is 4.90 Å². The molecule has 0 aliphatic carbocycles. The Hall–Kier alpha value is -1.93. The molecule has 0 radical (unpaired) electrons. The third kappa shape index (κ3) is 5.12. The molecule has 1 aliphatic heterocycles. The van der Waals surface area contributed by atoms with Crippen LogP contribution in [-0.4, -0.2) is 62.8 Å². The van der Waals surface area contributed by atoms with E-state index in [4.69, 9.17) is 0 Å². The van der Waals surface area contributed by atoms with Crippen molar-refractivity contribution in [1.82, 2.24) is 10.2 Å². The summed E-state index contributed by atoms with van der Waals surface area (Å²) in [6, 6.07) is 8.58. The number of carbonyl (C=O) groups is 2. The van der Waals surface area contributed by atoms with Crippen molar-refractivity contribution in [3.63, 3.8) is 0 Å². The summed E-state index contributed by atoms with van der Waals surface area (Å²) in [5.41, 5.74) is 0.524. The van der Waals surface area contributed by atoms with Crippen LogP contribution in [-0.2, 0) is 19.4 Å². The molecular formula is C14H19N3O4S. The van der Waals surface area contributed by atoms with E-state index in [2.05, 4.69) is 10.6 Å². The number of carbonyl (C=O) groups excluding carboxylic acids is 2. The molecule has 0 bridgehead atoms. The molecule has 1 aromatic carbocycles. The Morgan fingerprint density at radius 1 is 1.09 bits per heavy atom. The zero-order valence-corrected chi connectivity index (χ0v) is 12.9. The fourth-order valence-corrected chi connectivity index (χ4v) is 3.30. The van der Waals surface area contributed by atoms with Crippen molar-refractivity contribution in [3.05, 3.63) is 30.3 Å². The average molecular weight is 325 g/mol. The van der Waals surface area contributed by atoms with Gasteiger partial charge in [0.05, 0.1) is 0 Å². The summed E-state index contributed by atoms with van der Waals surface area (Å²) in [6.45, 7) is 2.29. The van der Waals surface area contributed by atoms with Crippen LogP contribution in [0.4, 0.5) is 5.69 Å². The van der Waals surface area contributed by atoms with Gasteiger partial charge >= 0.3 is 0 Å². The Morgan fingerprint density at radius 3 is 2.36 bits per heavy atom. The summed E-state index contributed by atoms with van der Waals surface area (Å²) >= 11 is 0. The third-order valence-corrected chi connectivity index (χ3v) is 4.61. The maximum absolute atomic E-state index is 12.0. The molecule has 1 saturated heterocycles. The lowest BCUT2D eigenvalue weighted by Crippen LogP contribution is -2.48. The monoisotopic (exact) mass is 325 g/mol. The molecule has 7 nitrogen and oxygen atoms in total. The van der Waals surface area contributed by atoms with Gasteiger partial charge < -0.3 is 15.5 Å². The highest BCUT2D eigenvalue weighted by molar-refractivity contribution is 7.92. The second kappa shape index (κ2) is 7.37. The second-order valence-electron chi connectivity index (χ2n) is 5.08. The third-order valence-electron chi connectivity index (χ3n) is 3.22. The summed E-state index contributed by atoms with van der Waals surface area (Å²) in [5, 5.41) is 5.58. The molecule has 0 saturated carbocycles. The predicted octanol–water partition coefficient (Wildman–Crippen LogP) is -0.528.